The number of nitrogens with zero attached hydrogens (tertiary/aromatic N) is 3. The Morgan fingerprint density at radius 3 is 2.76 bits per heavy atom. The van der Waals surface area contributed by atoms with Gasteiger partial charge in [-0.2, -0.15) is 0 Å². The molecule has 152 valence electrons. The molecule has 0 bridgehead atoms. The van der Waals surface area contributed by atoms with Crippen molar-refractivity contribution in [2.24, 2.45) is 0 Å². The molecule has 3 aromatic rings. The van der Waals surface area contributed by atoms with Crippen LogP contribution in [0.2, 0.25) is 0 Å². The molecule has 8 heteroatoms. The topological polar surface area (TPSA) is 79.4 Å². The lowest BCUT2D eigenvalue weighted by atomic mass is 10.1. The summed E-state index contributed by atoms with van der Waals surface area (Å²) in [7, 11) is 3.69. The van der Waals surface area contributed by atoms with Gasteiger partial charge in [0.2, 0.25) is 5.13 Å². The number of para-hydroxylation sites is 1. The van der Waals surface area contributed by atoms with E-state index in [4.69, 9.17) is 4.74 Å². The number of urea groups is 1. The van der Waals surface area contributed by atoms with E-state index in [1.54, 1.807) is 7.11 Å². The van der Waals surface area contributed by atoms with Crippen LogP contribution in [0.15, 0.2) is 54.6 Å². The van der Waals surface area contributed by atoms with Gasteiger partial charge in [0.25, 0.3) is 0 Å². The molecule has 0 aliphatic heterocycles. The van der Waals surface area contributed by atoms with E-state index in [9.17, 15) is 4.79 Å². The van der Waals surface area contributed by atoms with Crippen LogP contribution in [0.4, 0.5) is 15.6 Å². The van der Waals surface area contributed by atoms with Crippen molar-refractivity contribution in [3.8, 4) is 5.75 Å². The predicted molar refractivity (Wildman–Crippen MR) is 117 cm³/mol. The lowest BCUT2D eigenvalue weighted by Gasteiger charge is -2.19. The smallest absolute Gasteiger partial charge is 0.321 e. The molecule has 1 heterocycles. The van der Waals surface area contributed by atoms with E-state index >= 15 is 0 Å². The van der Waals surface area contributed by atoms with Crippen LogP contribution in [0.5, 0.6) is 5.75 Å². The summed E-state index contributed by atoms with van der Waals surface area (Å²) in [4.78, 5) is 14.2. The molecule has 29 heavy (non-hydrogen) atoms. The maximum atomic E-state index is 12.1. The summed E-state index contributed by atoms with van der Waals surface area (Å²) >= 11 is 1.37. The van der Waals surface area contributed by atoms with E-state index in [0.717, 1.165) is 35.0 Å². The van der Waals surface area contributed by atoms with Gasteiger partial charge in [-0.3, -0.25) is 5.32 Å². The van der Waals surface area contributed by atoms with Gasteiger partial charge in [0.05, 0.1) is 7.11 Å². The Morgan fingerprint density at radius 2 is 1.97 bits per heavy atom. The van der Waals surface area contributed by atoms with Crippen LogP contribution in [0.1, 0.15) is 17.0 Å². The average Bonchev–Trinajstić information content (AvgIpc) is 3.18. The zero-order valence-corrected chi connectivity index (χ0v) is 17.4. The number of amides is 2. The first-order chi connectivity index (χ1) is 14.1. The van der Waals surface area contributed by atoms with Gasteiger partial charge in [-0.15, -0.1) is 10.2 Å². The van der Waals surface area contributed by atoms with Crippen LogP contribution in [-0.2, 0) is 6.42 Å². The highest BCUT2D eigenvalue weighted by Gasteiger charge is 2.09. The van der Waals surface area contributed by atoms with E-state index in [1.165, 1.54) is 11.3 Å². The second-order valence-corrected chi connectivity index (χ2v) is 7.58. The van der Waals surface area contributed by atoms with Gasteiger partial charge in [0.1, 0.15) is 10.8 Å². The van der Waals surface area contributed by atoms with Crippen molar-refractivity contribution < 1.29 is 9.53 Å². The number of hydrogen-bond acceptors (Lipinski definition) is 6. The number of nitrogens with one attached hydrogen (secondary N) is 2. The average molecular weight is 412 g/mol. The van der Waals surface area contributed by atoms with Crippen LogP contribution >= 0.6 is 11.3 Å². The van der Waals surface area contributed by atoms with E-state index < -0.39 is 0 Å². The van der Waals surface area contributed by atoms with Gasteiger partial charge >= 0.3 is 6.03 Å². The second-order valence-electron chi connectivity index (χ2n) is 6.52. The minimum atomic E-state index is -0.267. The number of methoxy groups -OCH3 is 1. The summed E-state index contributed by atoms with van der Waals surface area (Å²) < 4.78 is 5.24. The van der Waals surface area contributed by atoms with Crippen molar-refractivity contribution in [3.63, 3.8) is 0 Å². The highest BCUT2D eigenvalue weighted by Crippen LogP contribution is 2.20. The molecule has 0 fully saturated rings. The fourth-order valence-electron chi connectivity index (χ4n) is 2.80. The van der Waals surface area contributed by atoms with Gasteiger partial charge in [-0.25, -0.2) is 4.79 Å². The van der Waals surface area contributed by atoms with Crippen molar-refractivity contribution in [2.75, 3.05) is 37.5 Å². The molecule has 3 rings (SSSR count). The first kappa shape index (κ1) is 20.6. The molecule has 2 aromatic carbocycles. The van der Waals surface area contributed by atoms with Crippen molar-refractivity contribution in [1.82, 2.24) is 15.5 Å². The third-order valence-corrected chi connectivity index (χ3v) is 5.17. The summed E-state index contributed by atoms with van der Waals surface area (Å²) in [5.41, 5.74) is 2.24. The van der Waals surface area contributed by atoms with E-state index in [0.29, 0.717) is 18.1 Å². The fraction of sp³-hybridized carbons (Fsp3) is 0.286. The lowest BCUT2D eigenvalue weighted by molar-refractivity contribution is 0.252. The third-order valence-electron chi connectivity index (χ3n) is 4.33. The zero-order chi connectivity index (χ0) is 20.5. The van der Waals surface area contributed by atoms with Crippen LogP contribution in [-0.4, -0.2) is 43.5 Å². The van der Waals surface area contributed by atoms with Crippen molar-refractivity contribution in [1.29, 1.82) is 0 Å². The summed E-state index contributed by atoms with van der Waals surface area (Å²) in [5.74, 6) is 0.808. The molecule has 0 saturated carbocycles. The maximum absolute atomic E-state index is 12.1. The van der Waals surface area contributed by atoms with Gasteiger partial charge in [0, 0.05) is 32.2 Å². The zero-order valence-electron chi connectivity index (χ0n) is 16.6. The number of rotatable bonds is 9. The van der Waals surface area contributed by atoms with Crippen LogP contribution in [0, 0.1) is 0 Å². The number of carbonyl (C=O) groups is 1. The second kappa shape index (κ2) is 10.4. The quantitative estimate of drug-likeness (QED) is 0.524. The Labute approximate surface area is 174 Å². The first-order valence-electron chi connectivity index (χ1n) is 9.40. The number of ether oxygens (including phenoxy) is 1. The molecule has 0 aliphatic carbocycles. The molecule has 0 unspecified atom stereocenters. The molecule has 0 spiro atoms. The SMILES string of the molecule is COc1cccc(Cc2nnc(NC(=O)NCCCN(C)c3ccccc3)s2)c1. The molecular formula is C21H25N5O2S. The highest BCUT2D eigenvalue weighted by atomic mass is 32.1. The molecule has 1 aromatic heterocycles. The van der Waals surface area contributed by atoms with Crippen LogP contribution < -0.4 is 20.3 Å². The van der Waals surface area contributed by atoms with Gasteiger partial charge < -0.3 is 15.0 Å². The molecule has 2 amide bonds. The van der Waals surface area contributed by atoms with Gasteiger partial charge in [0.15, 0.2) is 0 Å². The van der Waals surface area contributed by atoms with Crippen LogP contribution in [0.3, 0.4) is 0 Å². The van der Waals surface area contributed by atoms with Crippen molar-refractivity contribution in [3.05, 3.63) is 65.2 Å². The summed E-state index contributed by atoms with van der Waals surface area (Å²) in [5, 5.41) is 15.1. The monoisotopic (exact) mass is 411 g/mol. The molecule has 0 saturated heterocycles. The molecule has 7 nitrogen and oxygen atoms in total. The number of aromatic nitrogens is 2. The minimum absolute atomic E-state index is 0.267. The van der Waals surface area contributed by atoms with Crippen LogP contribution in [0.25, 0.3) is 0 Å². The summed E-state index contributed by atoms with van der Waals surface area (Å²) in [6.45, 7) is 1.44. The van der Waals surface area contributed by atoms with E-state index in [1.807, 2.05) is 49.5 Å². The largest absolute Gasteiger partial charge is 0.497 e. The normalized spacial score (nSPS) is 10.4. The molecule has 2 N–H and O–H groups in total. The number of hydrogen-bond donors (Lipinski definition) is 2. The molecule has 0 radical (unpaired) electrons. The summed E-state index contributed by atoms with van der Waals surface area (Å²) in [6, 6.07) is 17.7. The fourth-order valence-corrected chi connectivity index (χ4v) is 3.57. The highest BCUT2D eigenvalue weighted by molar-refractivity contribution is 7.15. The standard InChI is InChI=1S/C21H25N5O2S/c1-26(17-9-4-3-5-10-17)13-7-12-22-20(27)23-21-25-24-19(29-21)15-16-8-6-11-18(14-16)28-2/h3-6,8-11,14H,7,12-13,15H2,1-2H3,(H2,22,23,25,27). The Bertz CT molecular complexity index is 916. The Balaban J connectivity index is 1.39. The summed E-state index contributed by atoms with van der Waals surface area (Å²) in [6.07, 6.45) is 1.49. The van der Waals surface area contributed by atoms with Crippen molar-refractivity contribution >= 4 is 28.2 Å². The third kappa shape index (κ3) is 6.46. The lowest BCUT2D eigenvalue weighted by Crippen LogP contribution is -2.31. The van der Waals surface area contributed by atoms with Crippen molar-refractivity contribution in [2.45, 2.75) is 12.8 Å². The van der Waals surface area contributed by atoms with E-state index in [2.05, 4.69) is 37.9 Å². The number of benzene rings is 2. The maximum Gasteiger partial charge on any atom is 0.321 e. The Morgan fingerprint density at radius 1 is 1.14 bits per heavy atom. The number of carbonyl (C=O) groups excluding carboxylic acids is 1. The molecule has 0 atom stereocenters. The molecular weight excluding hydrogens is 386 g/mol. The first-order valence-corrected chi connectivity index (χ1v) is 10.2. The van der Waals surface area contributed by atoms with Gasteiger partial charge in [-0.05, 0) is 36.2 Å². The van der Waals surface area contributed by atoms with E-state index in [-0.39, 0.29) is 6.03 Å². The predicted octanol–water partition coefficient (Wildman–Crippen LogP) is 3.79. The Kier molecular flexibility index (Phi) is 7.40. The number of anilines is 2. The molecule has 0 aliphatic rings. The Hall–Kier alpha value is -3.13. The van der Waals surface area contributed by atoms with Gasteiger partial charge in [-0.1, -0.05) is 41.7 Å². The minimum Gasteiger partial charge on any atom is -0.497 e.